The number of furan rings is 2. The maximum absolute atomic E-state index is 6.75. The van der Waals surface area contributed by atoms with E-state index in [1.54, 1.807) is 0 Å². The van der Waals surface area contributed by atoms with Crippen molar-refractivity contribution in [3.63, 3.8) is 0 Å². The smallest absolute Gasteiger partial charge is 0.164 e. The van der Waals surface area contributed by atoms with Crippen molar-refractivity contribution in [2.24, 2.45) is 0 Å². The van der Waals surface area contributed by atoms with Gasteiger partial charge in [0.2, 0.25) is 0 Å². The van der Waals surface area contributed by atoms with Crippen LogP contribution in [0.25, 0.3) is 111 Å². The molecule has 1 aliphatic carbocycles. The lowest BCUT2D eigenvalue weighted by Crippen LogP contribution is -2.00. The number of hydrogen-bond acceptors (Lipinski definition) is 5. The second-order valence-electron chi connectivity index (χ2n) is 12.3. The molecule has 3 aromatic heterocycles. The van der Waals surface area contributed by atoms with Crippen LogP contribution in [0, 0.1) is 0 Å². The standard InChI is InChI=1S/C43H23N3O2/c1-2-9-25(10-3-1)41-44-42(26-19-22-35-33(23-26)27-13-4-5-17-34(27)47-35)46-43(45-41)32-16-8-18-36-38(32)31-21-20-29-28-14-6-11-24-12-7-15-30(37(24)28)39(29)40(31)48-36/h1-23H. The summed E-state index contributed by atoms with van der Waals surface area (Å²) in [5, 5.41) is 6.63. The van der Waals surface area contributed by atoms with Crippen molar-refractivity contribution in [2.45, 2.75) is 0 Å². The summed E-state index contributed by atoms with van der Waals surface area (Å²) in [7, 11) is 0. The zero-order valence-electron chi connectivity index (χ0n) is 25.4. The summed E-state index contributed by atoms with van der Waals surface area (Å²) in [5.74, 6) is 1.80. The highest BCUT2D eigenvalue weighted by atomic mass is 16.3. The predicted molar refractivity (Wildman–Crippen MR) is 193 cm³/mol. The van der Waals surface area contributed by atoms with Gasteiger partial charge in [-0.05, 0) is 63.9 Å². The number of nitrogens with zero attached hydrogens (tertiary/aromatic N) is 3. The molecule has 0 saturated carbocycles. The van der Waals surface area contributed by atoms with Gasteiger partial charge >= 0.3 is 0 Å². The highest BCUT2D eigenvalue weighted by Crippen LogP contribution is 2.52. The minimum absolute atomic E-state index is 0.593. The maximum atomic E-state index is 6.75. The average molecular weight is 614 g/mol. The van der Waals surface area contributed by atoms with E-state index >= 15 is 0 Å². The molecular weight excluding hydrogens is 590 g/mol. The van der Waals surface area contributed by atoms with E-state index in [1.165, 1.54) is 27.5 Å². The van der Waals surface area contributed by atoms with E-state index in [0.29, 0.717) is 17.5 Å². The van der Waals surface area contributed by atoms with Crippen molar-refractivity contribution in [2.75, 3.05) is 0 Å². The van der Waals surface area contributed by atoms with Crippen LogP contribution in [0.5, 0.6) is 0 Å². The van der Waals surface area contributed by atoms with Crippen LogP contribution in [-0.2, 0) is 0 Å². The molecule has 0 saturated heterocycles. The lowest BCUT2D eigenvalue weighted by Gasteiger charge is -2.09. The Morgan fingerprint density at radius 1 is 0.375 bits per heavy atom. The van der Waals surface area contributed by atoms with Crippen LogP contribution in [0.4, 0.5) is 0 Å². The minimum atomic E-state index is 0.593. The molecule has 7 aromatic carbocycles. The van der Waals surface area contributed by atoms with Crippen molar-refractivity contribution in [1.82, 2.24) is 15.0 Å². The average Bonchev–Trinajstić information content (AvgIpc) is 3.82. The fraction of sp³-hybridized carbons (Fsp3) is 0. The minimum Gasteiger partial charge on any atom is -0.456 e. The molecule has 0 fully saturated rings. The zero-order valence-corrected chi connectivity index (χ0v) is 25.4. The number of para-hydroxylation sites is 1. The first-order chi connectivity index (χ1) is 23.8. The predicted octanol–water partition coefficient (Wildman–Crippen LogP) is 11.5. The third-order valence-electron chi connectivity index (χ3n) is 9.67. The SMILES string of the molecule is c1ccc(-c2nc(-c3ccc4oc5ccccc5c4c3)nc(-c3cccc4oc5c6c(ccc5c34)-c3cccc4cccc-6c34)n2)cc1. The maximum Gasteiger partial charge on any atom is 0.164 e. The van der Waals surface area contributed by atoms with Crippen LogP contribution < -0.4 is 0 Å². The van der Waals surface area contributed by atoms with Gasteiger partial charge in [-0.3, -0.25) is 0 Å². The summed E-state index contributed by atoms with van der Waals surface area (Å²) in [4.78, 5) is 15.3. The summed E-state index contributed by atoms with van der Waals surface area (Å²) in [6.45, 7) is 0. The molecule has 48 heavy (non-hydrogen) atoms. The Kier molecular flexibility index (Phi) is 5.05. The highest BCUT2D eigenvalue weighted by molar-refractivity contribution is 6.24. The fourth-order valence-corrected chi connectivity index (χ4v) is 7.55. The van der Waals surface area contributed by atoms with Gasteiger partial charge in [0.05, 0.1) is 0 Å². The summed E-state index contributed by atoms with van der Waals surface area (Å²) >= 11 is 0. The van der Waals surface area contributed by atoms with E-state index < -0.39 is 0 Å². The van der Waals surface area contributed by atoms with Gasteiger partial charge in [-0.2, -0.15) is 0 Å². The van der Waals surface area contributed by atoms with Gasteiger partial charge in [-0.25, -0.2) is 15.0 Å². The molecule has 0 N–H and O–H groups in total. The Balaban J connectivity index is 1.16. The second kappa shape index (κ2) is 9.47. The van der Waals surface area contributed by atoms with E-state index in [9.17, 15) is 0 Å². The molecule has 1 aliphatic rings. The highest BCUT2D eigenvalue weighted by Gasteiger charge is 2.27. The summed E-state index contributed by atoms with van der Waals surface area (Å²) in [6, 6.07) is 47.9. The fourth-order valence-electron chi connectivity index (χ4n) is 7.55. The van der Waals surface area contributed by atoms with Crippen LogP contribution in [0.3, 0.4) is 0 Å². The van der Waals surface area contributed by atoms with E-state index in [0.717, 1.165) is 66.1 Å². The van der Waals surface area contributed by atoms with E-state index in [4.69, 9.17) is 23.8 Å². The van der Waals surface area contributed by atoms with Gasteiger partial charge in [0, 0.05) is 43.8 Å². The van der Waals surface area contributed by atoms with E-state index in [-0.39, 0.29) is 0 Å². The molecule has 0 atom stereocenters. The molecular formula is C43H23N3O2. The van der Waals surface area contributed by atoms with Crippen LogP contribution in [0.2, 0.25) is 0 Å². The molecule has 11 rings (SSSR count). The van der Waals surface area contributed by atoms with E-state index in [2.05, 4.69) is 66.7 Å². The van der Waals surface area contributed by atoms with Crippen LogP contribution in [0.15, 0.2) is 148 Å². The topological polar surface area (TPSA) is 65.0 Å². The Bertz CT molecular complexity index is 2950. The van der Waals surface area contributed by atoms with Crippen molar-refractivity contribution in [1.29, 1.82) is 0 Å². The van der Waals surface area contributed by atoms with Gasteiger partial charge in [0.25, 0.3) is 0 Å². The molecule has 222 valence electrons. The second-order valence-corrected chi connectivity index (χ2v) is 12.3. The first-order valence-corrected chi connectivity index (χ1v) is 16.0. The quantitative estimate of drug-likeness (QED) is 0.198. The Morgan fingerprint density at radius 3 is 1.98 bits per heavy atom. The van der Waals surface area contributed by atoms with Gasteiger partial charge in [0.15, 0.2) is 17.5 Å². The van der Waals surface area contributed by atoms with E-state index in [1.807, 2.05) is 72.8 Å². The molecule has 0 amide bonds. The largest absolute Gasteiger partial charge is 0.456 e. The Labute approximate surface area is 273 Å². The summed E-state index contributed by atoms with van der Waals surface area (Å²) < 4.78 is 12.9. The van der Waals surface area contributed by atoms with Crippen molar-refractivity contribution < 1.29 is 8.83 Å². The molecule has 0 unspecified atom stereocenters. The third kappa shape index (κ3) is 3.53. The first kappa shape index (κ1) is 25.6. The van der Waals surface area contributed by atoms with Gasteiger partial charge in [0.1, 0.15) is 22.3 Å². The normalized spacial score (nSPS) is 12.2. The lowest BCUT2D eigenvalue weighted by atomic mass is 9.99. The monoisotopic (exact) mass is 613 g/mol. The molecule has 0 spiro atoms. The number of benzene rings is 7. The molecule has 3 heterocycles. The van der Waals surface area contributed by atoms with Gasteiger partial charge in [-0.15, -0.1) is 0 Å². The van der Waals surface area contributed by atoms with Crippen molar-refractivity contribution in [3.05, 3.63) is 140 Å². The molecule has 5 heteroatoms. The summed E-state index contributed by atoms with van der Waals surface area (Å²) in [5.41, 5.74) is 10.9. The van der Waals surface area contributed by atoms with Crippen LogP contribution >= 0.6 is 0 Å². The summed E-state index contributed by atoms with van der Waals surface area (Å²) in [6.07, 6.45) is 0. The van der Waals surface area contributed by atoms with Gasteiger partial charge < -0.3 is 8.83 Å². The van der Waals surface area contributed by atoms with Crippen LogP contribution in [0.1, 0.15) is 0 Å². The third-order valence-corrected chi connectivity index (χ3v) is 9.67. The zero-order chi connectivity index (χ0) is 31.3. The Morgan fingerprint density at radius 2 is 1.08 bits per heavy atom. The molecule has 0 aliphatic heterocycles. The van der Waals surface area contributed by atoms with Crippen LogP contribution in [-0.4, -0.2) is 15.0 Å². The number of aromatic nitrogens is 3. The number of hydrogen-bond donors (Lipinski definition) is 0. The Hall–Kier alpha value is -6.59. The molecule has 5 nitrogen and oxygen atoms in total. The lowest BCUT2D eigenvalue weighted by molar-refractivity contribution is 0.669. The number of rotatable bonds is 3. The molecule has 10 aromatic rings. The van der Waals surface area contributed by atoms with Crippen molar-refractivity contribution >= 4 is 54.6 Å². The molecule has 0 radical (unpaired) electrons. The van der Waals surface area contributed by atoms with Crippen molar-refractivity contribution in [3.8, 4) is 56.4 Å². The first-order valence-electron chi connectivity index (χ1n) is 16.0. The van der Waals surface area contributed by atoms with Gasteiger partial charge in [-0.1, -0.05) is 103 Å². The molecule has 0 bridgehead atoms. The number of fused-ring (bicyclic) bond motifs is 10.